The normalized spacial score (nSPS) is 11.7. The van der Waals surface area contributed by atoms with Crippen LogP contribution >= 0.6 is 0 Å². The average Bonchev–Trinajstić information content (AvgIpc) is 3.35. The lowest BCUT2D eigenvalue weighted by molar-refractivity contribution is 0.428. The monoisotopic (exact) mass is 335 g/mol. The molecule has 0 radical (unpaired) electrons. The van der Waals surface area contributed by atoms with E-state index in [-0.39, 0.29) is 0 Å². The van der Waals surface area contributed by atoms with Gasteiger partial charge in [0, 0.05) is 30.6 Å². The fourth-order valence-corrected chi connectivity index (χ4v) is 3.15. The van der Waals surface area contributed by atoms with Crippen LogP contribution in [0, 0.1) is 0 Å². The van der Waals surface area contributed by atoms with Gasteiger partial charge in [-0.2, -0.15) is 15.3 Å². The van der Waals surface area contributed by atoms with Gasteiger partial charge >= 0.3 is 0 Å². The van der Waals surface area contributed by atoms with E-state index >= 15 is 0 Å². The number of hydrogen-bond donors (Lipinski definition) is 0. The third kappa shape index (κ3) is 2.71. The predicted octanol–water partition coefficient (Wildman–Crippen LogP) is 3.35. The summed E-state index contributed by atoms with van der Waals surface area (Å²) in [6.45, 7) is 4.37. The first-order valence-corrected chi connectivity index (χ1v) is 8.57. The molecule has 0 aromatic carbocycles. The van der Waals surface area contributed by atoms with E-state index < -0.39 is 0 Å². The lowest BCUT2D eigenvalue weighted by atomic mass is 10.1. The molecule has 25 heavy (non-hydrogen) atoms. The van der Waals surface area contributed by atoms with Gasteiger partial charge in [-0.1, -0.05) is 13.8 Å². The molecule has 7 nitrogen and oxygen atoms in total. The summed E-state index contributed by atoms with van der Waals surface area (Å²) >= 11 is 0. The molecule has 0 aliphatic carbocycles. The molecule has 0 fully saturated rings. The Hall–Kier alpha value is -2.96. The summed E-state index contributed by atoms with van der Waals surface area (Å²) in [7, 11) is 1.90. The van der Waals surface area contributed by atoms with Crippen molar-refractivity contribution in [2.24, 2.45) is 7.05 Å². The highest BCUT2D eigenvalue weighted by atomic mass is 15.3. The van der Waals surface area contributed by atoms with Gasteiger partial charge in [-0.05, 0) is 18.9 Å². The van der Waals surface area contributed by atoms with Gasteiger partial charge in [-0.25, -0.2) is 9.50 Å². The molecular weight excluding hydrogens is 314 g/mol. The maximum Gasteiger partial charge on any atom is 0.0999 e. The van der Waals surface area contributed by atoms with Gasteiger partial charge in [0.15, 0.2) is 0 Å². The molecule has 0 saturated carbocycles. The second-order valence-corrected chi connectivity index (χ2v) is 6.22. The zero-order chi connectivity index (χ0) is 17.4. The van der Waals surface area contributed by atoms with Crippen LogP contribution in [0.25, 0.3) is 28.0 Å². The van der Waals surface area contributed by atoms with Crippen molar-refractivity contribution < 1.29 is 0 Å². The Labute approximate surface area is 145 Å². The van der Waals surface area contributed by atoms with Gasteiger partial charge in [0.25, 0.3) is 0 Å². The summed E-state index contributed by atoms with van der Waals surface area (Å²) in [5.41, 5.74) is 4.67. The summed E-state index contributed by atoms with van der Waals surface area (Å²) in [6.07, 6.45) is 13.6. The summed E-state index contributed by atoms with van der Waals surface area (Å²) in [5.74, 6) is 0. The van der Waals surface area contributed by atoms with Crippen molar-refractivity contribution in [1.29, 1.82) is 0 Å². The predicted molar refractivity (Wildman–Crippen MR) is 96.0 cm³/mol. The van der Waals surface area contributed by atoms with Crippen LogP contribution in [-0.4, -0.2) is 34.2 Å². The van der Waals surface area contributed by atoms with Crippen LogP contribution in [0.4, 0.5) is 0 Å². The molecule has 0 spiro atoms. The number of nitrogens with zero attached hydrogens (tertiary/aromatic N) is 7. The van der Waals surface area contributed by atoms with Gasteiger partial charge < -0.3 is 0 Å². The Bertz CT molecular complexity index is 1000. The maximum atomic E-state index is 4.88. The van der Waals surface area contributed by atoms with E-state index in [9.17, 15) is 0 Å². The lowest BCUT2D eigenvalue weighted by Crippen LogP contribution is -2.06. The molecule has 0 aliphatic rings. The molecule has 128 valence electrons. The molecule has 0 N–H and O–H groups in total. The minimum atomic E-state index is 0.413. The Morgan fingerprint density at radius 3 is 2.48 bits per heavy atom. The van der Waals surface area contributed by atoms with Crippen molar-refractivity contribution in [3.8, 4) is 22.5 Å². The zero-order valence-electron chi connectivity index (χ0n) is 14.7. The Morgan fingerprint density at radius 1 is 0.960 bits per heavy atom. The van der Waals surface area contributed by atoms with E-state index in [0.717, 1.165) is 40.9 Å². The van der Waals surface area contributed by atoms with E-state index in [1.54, 1.807) is 10.9 Å². The lowest BCUT2D eigenvalue weighted by Gasteiger charge is -2.12. The first-order chi connectivity index (χ1) is 12.2. The number of aryl methyl sites for hydroxylation is 1. The van der Waals surface area contributed by atoms with Crippen molar-refractivity contribution in [3.05, 3.63) is 43.2 Å². The average molecular weight is 335 g/mol. The fourth-order valence-electron chi connectivity index (χ4n) is 3.15. The highest BCUT2D eigenvalue weighted by Gasteiger charge is 2.15. The first-order valence-electron chi connectivity index (χ1n) is 8.57. The van der Waals surface area contributed by atoms with Crippen LogP contribution in [0.15, 0.2) is 43.2 Å². The zero-order valence-corrected chi connectivity index (χ0v) is 14.7. The number of hydrogen-bond acceptors (Lipinski definition) is 4. The molecule has 0 aliphatic heterocycles. The number of fused-ring (bicyclic) bond motifs is 1. The van der Waals surface area contributed by atoms with Gasteiger partial charge in [0.1, 0.15) is 0 Å². The van der Waals surface area contributed by atoms with Crippen molar-refractivity contribution in [2.45, 2.75) is 32.7 Å². The Morgan fingerprint density at radius 2 is 1.76 bits per heavy atom. The second-order valence-electron chi connectivity index (χ2n) is 6.22. The van der Waals surface area contributed by atoms with Crippen LogP contribution in [0.2, 0.25) is 0 Å². The van der Waals surface area contributed by atoms with Gasteiger partial charge in [0.2, 0.25) is 0 Å². The van der Waals surface area contributed by atoms with Crippen LogP contribution in [0.1, 0.15) is 32.7 Å². The standard InChI is InChI=1S/C18H21N7/c1-4-15(5-2)24-11-14(9-21-24)18-17-6-7-19-25(17)12-16(22-18)13-8-20-23(3)10-13/h6-12,15H,4-5H2,1-3H3. The third-order valence-electron chi connectivity index (χ3n) is 4.58. The molecular formula is C18H21N7. The number of aromatic nitrogens is 7. The van der Waals surface area contributed by atoms with E-state index in [1.807, 2.05) is 47.1 Å². The minimum absolute atomic E-state index is 0.413. The topological polar surface area (TPSA) is 65.8 Å². The Kier molecular flexibility index (Phi) is 3.83. The van der Waals surface area contributed by atoms with E-state index in [4.69, 9.17) is 4.98 Å². The SMILES string of the molecule is CCC(CC)n1cc(-c2nc(-c3cnn(C)c3)cn3nccc23)cn1. The third-order valence-corrected chi connectivity index (χ3v) is 4.58. The molecule has 0 amide bonds. The minimum Gasteiger partial charge on any atom is -0.275 e. The number of rotatable bonds is 5. The first kappa shape index (κ1) is 15.6. The highest BCUT2D eigenvalue weighted by molar-refractivity contribution is 5.78. The van der Waals surface area contributed by atoms with Crippen molar-refractivity contribution in [1.82, 2.24) is 34.2 Å². The fraction of sp³-hybridized carbons (Fsp3) is 0.333. The second kappa shape index (κ2) is 6.16. The summed E-state index contributed by atoms with van der Waals surface area (Å²) in [4.78, 5) is 4.88. The summed E-state index contributed by atoms with van der Waals surface area (Å²) < 4.78 is 5.68. The molecule has 4 rings (SSSR count). The maximum absolute atomic E-state index is 4.88. The summed E-state index contributed by atoms with van der Waals surface area (Å²) in [5, 5.41) is 13.2. The van der Waals surface area contributed by atoms with Gasteiger partial charge in [0.05, 0.1) is 47.7 Å². The molecule has 0 unspecified atom stereocenters. The van der Waals surface area contributed by atoms with E-state index in [0.29, 0.717) is 6.04 Å². The molecule has 4 aromatic heterocycles. The van der Waals surface area contributed by atoms with E-state index in [2.05, 4.69) is 35.3 Å². The van der Waals surface area contributed by atoms with Gasteiger partial charge in [-0.3, -0.25) is 9.36 Å². The van der Waals surface area contributed by atoms with Gasteiger partial charge in [-0.15, -0.1) is 0 Å². The molecule has 7 heteroatoms. The smallest absolute Gasteiger partial charge is 0.0999 e. The molecule has 0 saturated heterocycles. The van der Waals surface area contributed by atoms with E-state index in [1.165, 1.54) is 0 Å². The molecule has 0 atom stereocenters. The largest absolute Gasteiger partial charge is 0.275 e. The summed E-state index contributed by atoms with van der Waals surface area (Å²) in [6, 6.07) is 2.39. The highest BCUT2D eigenvalue weighted by Crippen LogP contribution is 2.27. The van der Waals surface area contributed by atoms with Crippen molar-refractivity contribution >= 4 is 5.52 Å². The molecule has 4 heterocycles. The van der Waals surface area contributed by atoms with Crippen LogP contribution in [-0.2, 0) is 7.05 Å². The Balaban J connectivity index is 1.85. The molecule has 0 bridgehead atoms. The van der Waals surface area contributed by atoms with Crippen LogP contribution < -0.4 is 0 Å². The van der Waals surface area contributed by atoms with Crippen molar-refractivity contribution in [2.75, 3.05) is 0 Å². The van der Waals surface area contributed by atoms with Crippen molar-refractivity contribution in [3.63, 3.8) is 0 Å². The van der Waals surface area contributed by atoms with Crippen LogP contribution in [0.3, 0.4) is 0 Å². The van der Waals surface area contributed by atoms with Crippen LogP contribution in [0.5, 0.6) is 0 Å². The molecule has 4 aromatic rings. The quantitative estimate of drug-likeness (QED) is 0.561.